The summed E-state index contributed by atoms with van der Waals surface area (Å²) in [5, 5.41) is 11.6. The van der Waals surface area contributed by atoms with E-state index in [1.165, 1.54) is 4.90 Å². The number of Topliss-reactive ketones (excluding diaryl/α,β-unsaturated/α-hetero) is 1. The van der Waals surface area contributed by atoms with Gasteiger partial charge in [-0.15, -0.1) is 0 Å². The van der Waals surface area contributed by atoms with E-state index in [0.717, 1.165) is 16.7 Å². The summed E-state index contributed by atoms with van der Waals surface area (Å²) < 4.78 is 0. The number of ketones is 1. The van der Waals surface area contributed by atoms with Gasteiger partial charge < -0.3 is 5.11 Å². The van der Waals surface area contributed by atoms with Gasteiger partial charge in [0, 0.05) is 16.3 Å². The van der Waals surface area contributed by atoms with Gasteiger partial charge in [0.15, 0.2) is 0 Å². The van der Waals surface area contributed by atoms with Crippen LogP contribution in [0.15, 0.2) is 78.4 Å². The monoisotopic (exact) mass is 417 g/mol. The van der Waals surface area contributed by atoms with Crippen LogP contribution in [-0.2, 0) is 9.59 Å². The van der Waals surface area contributed by atoms with Crippen molar-refractivity contribution in [3.05, 3.63) is 106 Å². The third-order valence-corrected chi connectivity index (χ3v) is 5.76. The van der Waals surface area contributed by atoms with Crippen molar-refractivity contribution in [2.24, 2.45) is 0 Å². The van der Waals surface area contributed by atoms with Crippen LogP contribution in [0.3, 0.4) is 0 Å². The van der Waals surface area contributed by atoms with Gasteiger partial charge >= 0.3 is 0 Å². The van der Waals surface area contributed by atoms with Crippen LogP contribution in [0.25, 0.3) is 5.76 Å². The number of anilines is 1. The quantitative estimate of drug-likeness (QED) is 0.343. The highest BCUT2D eigenvalue weighted by Gasteiger charge is 2.47. The predicted molar refractivity (Wildman–Crippen MR) is 119 cm³/mol. The summed E-state index contributed by atoms with van der Waals surface area (Å²) in [5.41, 5.74) is 3.81. The lowest BCUT2D eigenvalue weighted by Crippen LogP contribution is -2.30. The van der Waals surface area contributed by atoms with Crippen LogP contribution in [0, 0.1) is 13.8 Å². The number of amides is 1. The fraction of sp³-hybridized carbons (Fsp3) is 0.120. The van der Waals surface area contributed by atoms with Gasteiger partial charge in [0.2, 0.25) is 0 Å². The average molecular weight is 418 g/mol. The van der Waals surface area contributed by atoms with Crippen LogP contribution in [0.4, 0.5) is 5.69 Å². The lowest BCUT2D eigenvalue weighted by molar-refractivity contribution is -0.132. The number of hydrogen-bond donors (Lipinski definition) is 1. The van der Waals surface area contributed by atoms with E-state index >= 15 is 0 Å². The van der Waals surface area contributed by atoms with E-state index in [2.05, 4.69) is 0 Å². The molecule has 1 aliphatic rings. The Hall–Kier alpha value is -3.37. The predicted octanol–water partition coefficient (Wildman–Crippen LogP) is 5.58. The fourth-order valence-corrected chi connectivity index (χ4v) is 3.92. The number of benzene rings is 3. The molecule has 0 radical (unpaired) electrons. The van der Waals surface area contributed by atoms with Gasteiger partial charge in [0.25, 0.3) is 11.7 Å². The molecule has 0 spiro atoms. The highest BCUT2D eigenvalue weighted by Crippen LogP contribution is 2.43. The van der Waals surface area contributed by atoms with Gasteiger partial charge in [-0.25, -0.2) is 0 Å². The van der Waals surface area contributed by atoms with Gasteiger partial charge in [-0.2, -0.15) is 0 Å². The molecule has 0 aliphatic carbocycles. The summed E-state index contributed by atoms with van der Waals surface area (Å²) in [5.74, 6) is -1.59. The highest BCUT2D eigenvalue weighted by atomic mass is 35.5. The van der Waals surface area contributed by atoms with E-state index in [0.29, 0.717) is 16.3 Å². The number of hydrogen-bond acceptors (Lipinski definition) is 3. The molecular formula is C25H20ClNO3. The summed E-state index contributed by atoms with van der Waals surface area (Å²) in [6.45, 7) is 3.88. The molecule has 1 atom stereocenters. The van der Waals surface area contributed by atoms with Gasteiger partial charge in [-0.3, -0.25) is 14.5 Å². The third-order valence-electron chi connectivity index (χ3n) is 5.51. The minimum atomic E-state index is -0.734. The Kier molecular flexibility index (Phi) is 5.18. The van der Waals surface area contributed by atoms with Crippen LogP contribution in [0.5, 0.6) is 0 Å². The summed E-state index contributed by atoms with van der Waals surface area (Å²) in [7, 11) is 0. The summed E-state index contributed by atoms with van der Waals surface area (Å²) in [6, 6.07) is 20.7. The molecule has 3 aromatic rings. The zero-order chi connectivity index (χ0) is 21.4. The first-order valence-electron chi connectivity index (χ1n) is 9.58. The SMILES string of the molecule is Cc1cccc(N2C(=O)C(=O)/C(=C(/O)c3ccc(Cl)cc3)C2c2ccccc2)c1C. The molecule has 30 heavy (non-hydrogen) atoms. The van der Waals surface area contributed by atoms with E-state index in [-0.39, 0.29) is 11.3 Å². The molecule has 1 unspecified atom stereocenters. The summed E-state index contributed by atoms with van der Waals surface area (Å²) >= 11 is 5.96. The maximum Gasteiger partial charge on any atom is 0.300 e. The number of nitrogens with zero attached hydrogens (tertiary/aromatic N) is 1. The lowest BCUT2D eigenvalue weighted by Gasteiger charge is -2.27. The van der Waals surface area contributed by atoms with Gasteiger partial charge in [-0.1, -0.05) is 54.1 Å². The van der Waals surface area contributed by atoms with Crippen molar-refractivity contribution < 1.29 is 14.7 Å². The fourth-order valence-electron chi connectivity index (χ4n) is 3.79. The van der Waals surface area contributed by atoms with Crippen LogP contribution in [-0.4, -0.2) is 16.8 Å². The lowest BCUT2D eigenvalue weighted by atomic mass is 9.95. The minimum absolute atomic E-state index is 0.0643. The Labute approximate surface area is 180 Å². The van der Waals surface area contributed by atoms with E-state index in [1.807, 2.05) is 62.4 Å². The molecule has 1 heterocycles. The number of halogens is 1. The molecule has 150 valence electrons. The number of aliphatic hydroxyl groups is 1. The van der Waals surface area contributed by atoms with E-state index in [1.54, 1.807) is 24.3 Å². The second-order valence-electron chi connectivity index (χ2n) is 7.31. The van der Waals surface area contributed by atoms with Crippen molar-refractivity contribution in [1.82, 2.24) is 0 Å². The topological polar surface area (TPSA) is 57.6 Å². The molecule has 5 heteroatoms. The van der Waals surface area contributed by atoms with Gasteiger partial charge in [0.05, 0.1) is 11.6 Å². The van der Waals surface area contributed by atoms with E-state index in [4.69, 9.17) is 11.6 Å². The molecule has 0 saturated carbocycles. The van der Waals surface area contributed by atoms with Gasteiger partial charge in [-0.05, 0) is 60.9 Å². The standard InChI is InChI=1S/C25H20ClNO3/c1-15-7-6-10-20(16(15)2)27-22(17-8-4-3-5-9-17)21(24(29)25(27)30)23(28)18-11-13-19(26)14-12-18/h3-14,22,28H,1-2H3/b23-21+. The second kappa shape index (κ2) is 7.81. The first kappa shape index (κ1) is 19.9. The first-order chi connectivity index (χ1) is 14.4. The summed E-state index contributed by atoms with van der Waals surface area (Å²) in [6.07, 6.45) is 0. The summed E-state index contributed by atoms with van der Waals surface area (Å²) in [4.78, 5) is 27.8. The van der Waals surface area contributed by atoms with Crippen molar-refractivity contribution in [3.8, 4) is 0 Å². The number of aliphatic hydroxyl groups excluding tert-OH is 1. The maximum atomic E-state index is 13.2. The Bertz CT molecular complexity index is 1170. The molecule has 0 aromatic heterocycles. The second-order valence-corrected chi connectivity index (χ2v) is 7.74. The van der Waals surface area contributed by atoms with E-state index in [9.17, 15) is 14.7 Å². The maximum absolute atomic E-state index is 13.2. The number of carbonyl (C=O) groups excluding carboxylic acids is 2. The molecular weight excluding hydrogens is 398 g/mol. The molecule has 1 amide bonds. The molecule has 1 saturated heterocycles. The molecule has 1 fully saturated rings. The molecule has 3 aromatic carbocycles. The zero-order valence-electron chi connectivity index (χ0n) is 16.6. The van der Waals surface area contributed by atoms with Crippen LogP contribution < -0.4 is 4.90 Å². The van der Waals surface area contributed by atoms with Crippen LogP contribution in [0.1, 0.15) is 28.3 Å². The Morgan fingerprint density at radius 2 is 1.57 bits per heavy atom. The Morgan fingerprint density at radius 3 is 2.23 bits per heavy atom. The Morgan fingerprint density at radius 1 is 0.900 bits per heavy atom. The van der Waals surface area contributed by atoms with E-state index < -0.39 is 17.7 Å². The van der Waals surface area contributed by atoms with Crippen molar-refractivity contribution >= 4 is 34.7 Å². The molecule has 1 N–H and O–H groups in total. The molecule has 4 rings (SSSR count). The highest BCUT2D eigenvalue weighted by molar-refractivity contribution is 6.51. The van der Waals surface area contributed by atoms with Crippen molar-refractivity contribution in [3.63, 3.8) is 0 Å². The third kappa shape index (κ3) is 3.29. The largest absolute Gasteiger partial charge is 0.507 e. The van der Waals surface area contributed by atoms with Crippen molar-refractivity contribution in [2.45, 2.75) is 19.9 Å². The zero-order valence-corrected chi connectivity index (χ0v) is 17.4. The normalized spacial score (nSPS) is 18.1. The molecule has 4 nitrogen and oxygen atoms in total. The smallest absolute Gasteiger partial charge is 0.300 e. The number of rotatable bonds is 3. The number of carbonyl (C=O) groups is 2. The minimum Gasteiger partial charge on any atom is -0.507 e. The Balaban J connectivity index is 1.97. The number of aryl methyl sites for hydroxylation is 1. The molecule has 0 bridgehead atoms. The first-order valence-corrected chi connectivity index (χ1v) is 9.96. The molecule has 1 aliphatic heterocycles. The van der Waals surface area contributed by atoms with Crippen LogP contribution >= 0.6 is 11.6 Å². The van der Waals surface area contributed by atoms with Crippen molar-refractivity contribution in [1.29, 1.82) is 0 Å². The van der Waals surface area contributed by atoms with Gasteiger partial charge in [0.1, 0.15) is 5.76 Å². The average Bonchev–Trinajstić information content (AvgIpc) is 3.01. The van der Waals surface area contributed by atoms with Crippen molar-refractivity contribution in [2.75, 3.05) is 4.90 Å². The van der Waals surface area contributed by atoms with Crippen LogP contribution in [0.2, 0.25) is 5.02 Å².